The smallest absolute Gasteiger partial charge is 0.397 e. The number of benzene rings is 1. The molecule has 0 fully saturated rings. The third kappa shape index (κ3) is 23.7. The Morgan fingerprint density at radius 1 is 0.462 bits per heavy atom. The van der Waals surface area contributed by atoms with Gasteiger partial charge in [0.05, 0.1) is 13.2 Å². The second-order valence-corrected chi connectivity index (χ2v) is 12.5. The van der Waals surface area contributed by atoms with Crippen LogP contribution in [-0.4, -0.2) is 13.2 Å². The van der Waals surface area contributed by atoms with Gasteiger partial charge in [-0.1, -0.05) is 161 Å². The van der Waals surface area contributed by atoms with Crippen LogP contribution in [0.15, 0.2) is 24.3 Å². The quantitative estimate of drug-likeness (QED) is 0.0687. The Hall–Kier alpha value is -0.630. The van der Waals surface area contributed by atoms with Gasteiger partial charge in [-0.2, -0.15) is 0 Å². The SMILES string of the molecule is CCCCCCCCCCCCCCCCCCOP(OCC)Oc1ccc(CCCCCCCCC)cc1. The summed E-state index contributed by atoms with van der Waals surface area (Å²) in [5.41, 5.74) is 1.39. The lowest BCUT2D eigenvalue weighted by Gasteiger charge is -2.16. The van der Waals surface area contributed by atoms with Crippen LogP contribution in [0, 0.1) is 0 Å². The molecule has 0 saturated carbocycles. The monoisotopic (exact) mass is 564 g/mol. The van der Waals surface area contributed by atoms with Crippen LogP contribution in [0.3, 0.4) is 0 Å². The summed E-state index contributed by atoms with van der Waals surface area (Å²) in [5.74, 6) is 0.852. The highest BCUT2D eigenvalue weighted by molar-refractivity contribution is 7.42. The summed E-state index contributed by atoms with van der Waals surface area (Å²) in [6.07, 6.45) is 32.8. The Balaban J connectivity index is 2.00. The van der Waals surface area contributed by atoms with Gasteiger partial charge in [0.25, 0.3) is 0 Å². The molecule has 0 aliphatic carbocycles. The van der Waals surface area contributed by atoms with Crippen molar-refractivity contribution >= 4 is 8.60 Å². The van der Waals surface area contributed by atoms with Gasteiger partial charge in [0.1, 0.15) is 5.75 Å². The average molecular weight is 565 g/mol. The van der Waals surface area contributed by atoms with Crippen LogP contribution in [0.4, 0.5) is 0 Å². The molecule has 1 atom stereocenters. The number of hydrogen-bond donors (Lipinski definition) is 0. The lowest BCUT2D eigenvalue weighted by Crippen LogP contribution is -1.99. The largest absolute Gasteiger partial charge is 0.427 e. The predicted molar refractivity (Wildman–Crippen MR) is 173 cm³/mol. The summed E-state index contributed by atoms with van der Waals surface area (Å²) >= 11 is 0. The molecule has 1 rings (SSSR count). The van der Waals surface area contributed by atoms with Gasteiger partial charge in [-0.25, -0.2) is 0 Å². The van der Waals surface area contributed by atoms with Crippen LogP contribution < -0.4 is 4.52 Å². The Labute approximate surface area is 245 Å². The summed E-state index contributed by atoms with van der Waals surface area (Å²) in [7, 11) is -1.31. The van der Waals surface area contributed by atoms with Crippen molar-refractivity contribution in [2.75, 3.05) is 13.2 Å². The third-order valence-corrected chi connectivity index (χ3v) is 8.82. The van der Waals surface area contributed by atoms with E-state index in [0.29, 0.717) is 6.61 Å². The van der Waals surface area contributed by atoms with Crippen molar-refractivity contribution in [2.24, 2.45) is 0 Å². The van der Waals surface area contributed by atoms with Crippen LogP contribution in [0.1, 0.15) is 174 Å². The molecule has 1 aromatic carbocycles. The van der Waals surface area contributed by atoms with E-state index in [-0.39, 0.29) is 0 Å². The zero-order chi connectivity index (χ0) is 28.1. The van der Waals surface area contributed by atoms with Crippen LogP contribution in [-0.2, 0) is 15.5 Å². The van der Waals surface area contributed by atoms with Gasteiger partial charge < -0.3 is 13.6 Å². The van der Waals surface area contributed by atoms with Gasteiger partial charge >= 0.3 is 8.60 Å². The first-order valence-electron chi connectivity index (χ1n) is 17.1. The van der Waals surface area contributed by atoms with Crippen LogP contribution in [0.5, 0.6) is 5.75 Å². The molecular formula is C35H65O3P. The first-order valence-corrected chi connectivity index (χ1v) is 18.2. The molecule has 0 amide bonds. The second kappa shape index (κ2) is 28.9. The maximum atomic E-state index is 6.04. The molecule has 0 bridgehead atoms. The summed E-state index contributed by atoms with van der Waals surface area (Å²) in [6.45, 7) is 7.91. The molecule has 0 aliphatic rings. The summed E-state index contributed by atoms with van der Waals surface area (Å²) in [6, 6.07) is 8.54. The van der Waals surface area contributed by atoms with Crippen molar-refractivity contribution in [1.29, 1.82) is 0 Å². The van der Waals surface area contributed by atoms with Crippen molar-refractivity contribution in [1.82, 2.24) is 0 Å². The van der Waals surface area contributed by atoms with E-state index < -0.39 is 8.60 Å². The Morgan fingerprint density at radius 2 is 0.872 bits per heavy atom. The molecule has 4 heteroatoms. The van der Waals surface area contributed by atoms with Gasteiger partial charge in [-0.05, 0) is 43.9 Å². The molecule has 39 heavy (non-hydrogen) atoms. The fourth-order valence-corrected chi connectivity index (χ4v) is 6.04. The second-order valence-electron chi connectivity index (χ2n) is 11.4. The van der Waals surface area contributed by atoms with E-state index in [4.69, 9.17) is 13.6 Å². The molecule has 1 unspecified atom stereocenters. The Bertz CT molecular complexity index is 606. The highest BCUT2D eigenvalue weighted by Crippen LogP contribution is 2.40. The van der Waals surface area contributed by atoms with E-state index in [0.717, 1.165) is 25.2 Å². The zero-order valence-electron chi connectivity index (χ0n) is 26.4. The fraction of sp³-hybridized carbons (Fsp3) is 0.829. The third-order valence-electron chi connectivity index (χ3n) is 7.60. The molecule has 228 valence electrons. The zero-order valence-corrected chi connectivity index (χ0v) is 27.3. The first kappa shape index (κ1) is 36.4. The summed E-state index contributed by atoms with van der Waals surface area (Å²) < 4.78 is 17.8. The van der Waals surface area contributed by atoms with E-state index in [2.05, 4.69) is 38.1 Å². The minimum atomic E-state index is -1.31. The molecule has 0 spiro atoms. The molecular weight excluding hydrogens is 499 g/mol. The maximum absolute atomic E-state index is 6.04. The molecule has 3 nitrogen and oxygen atoms in total. The summed E-state index contributed by atoms with van der Waals surface area (Å²) in [5, 5.41) is 0. The predicted octanol–water partition coefficient (Wildman–Crippen LogP) is 12.9. The normalized spacial score (nSPS) is 12.2. The summed E-state index contributed by atoms with van der Waals surface area (Å²) in [4.78, 5) is 0. The van der Waals surface area contributed by atoms with E-state index in [1.807, 2.05) is 6.92 Å². The van der Waals surface area contributed by atoms with Crippen molar-refractivity contribution in [3.63, 3.8) is 0 Å². The average Bonchev–Trinajstić information content (AvgIpc) is 2.95. The van der Waals surface area contributed by atoms with E-state index in [1.165, 1.54) is 147 Å². The van der Waals surface area contributed by atoms with E-state index in [1.54, 1.807) is 0 Å². The molecule has 0 N–H and O–H groups in total. The lowest BCUT2D eigenvalue weighted by molar-refractivity contribution is 0.209. The molecule has 0 radical (unpaired) electrons. The highest BCUT2D eigenvalue weighted by atomic mass is 31.2. The number of unbranched alkanes of at least 4 members (excludes halogenated alkanes) is 21. The molecule has 0 aliphatic heterocycles. The first-order chi connectivity index (χ1) is 19.3. The number of hydrogen-bond acceptors (Lipinski definition) is 3. The highest BCUT2D eigenvalue weighted by Gasteiger charge is 2.14. The van der Waals surface area contributed by atoms with Gasteiger partial charge in [0, 0.05) is 0 Å². The molecule has 0 aromatic heterocycles. The Morgan fingerprint density at radius 3 is 1.31 bits per heavy atom. The number of rotatable bonds is 30. The van der Waals surface area contributed by atoms with Gasteiger partial charge in [-0.15, -0.1) is 0 Å². The number of aryl methyl sites for hydroxylation is 1. The molecule has 0 saturated heterocycles. The van der Waals surface area contributed by atoms with Crippen LogP contribution in [0.25, 0.3) is 0 Å². The van der Waals surface area contributed by atoms with Crippen LogP contribution >= 0.6 is 8.60 Å². The van der Waals surface area contributed by atoms with E-state index in [9.17, 15) is 0 Å². The van der Waals surface area contributed by atoms with Crippen LogP contribution in [0.2, 0.25) is 0 Å². The van der Waals surface area contributed by atoms with Crippen molar-refractivity contribution < 1.29 is 13.6 Å². The van der Waals surface area contributed by atoms with Crippen molar-refractivity contribution in [2.45, 2.75) is 175 Å². The molecule has 0 heterocycles. The van der Waals surface area contributed by atoms with Gasteiger partial charge in [-0.3, -0.25) is 0 Å². The lowest BCUT2D eigenvalue weighted by atomic mass is 10.0. The van der Waals surface area contributed by atoms with Gasteiger partial charge in [0.15, 0.2) is 0 Å². The topological polar surface area (TPSA) is 27.7 Å². The fourth-order valence-electron chi connectivity index (χ4n) is 5.07. The minimum absolute atomic E-state index is 0.612. The van der Waals surface area contributed by atoms with E-state index >= 15 is 0 Å². The van der Waals surface area contributed by atoms with Crippen molar-refractivity contribution in [3.8, 4) is 5.75 Å². The van der Waals surface area contributed by atoms with Crippen molar-refractivity contribution in [3.05, 3.63) is 29.8 Å². The Kier molecular flexibility index (Phi) is 27.0. The van der Waals surface area contributed by atoms with Gasteiger partial charge in [0.2, 0.25) is 0 Å². The maximum Gasteiger partial charge on any atom is 0.397 e. The minimum Gasteiger partial charge on any atom is -0.427 e. The molecule has 1 aromatic rings. The standard InChI is InChI=1S/C35H65O3P/c1-4-7-9-11-13-14-15-16-17-18-19-20-21-23-25-27-33-37-39(36-6-3)38-35-31-29-34(30-32-35)28-26-24-22-12-10-8-5-2/h29-32H,4-28,33H2,1-3H3.